The van der Waals surface area contributed by atoms with E-state index in [0.717, 1.165) is 5.56 Å². The number of benzene rings is 1. The zero-order valence-corrected chi connectivity index (χ0v) is 13.1. The predicted molar refractivity (Wildman–Crippen MR) is 82.9 cm³/mol. The summed E-state index contributed by atoms with van der Waals surface area (Å²) in [5, 5.41) is 5.70. The topological polar surface area (TPSA) is 87.7 Å². The lowest BCUT2D eigenvalue weighted by Gasteiger charge is -2.38. The van der Waals surface area contributed by atoms with Crippen LogP contribution in [-0.4, -0.2) is 42.3 Å². The van der Waals surface area contributed by atoms with Crippen molar-refractivity contribution in [1.29, 1.82) is 0 Å². The first-order valence-electron chi connectivity index (χ1n) is 7.56. The summed E-state index contributed by atoms with van der Waals surface area (Å²) in [5.41, 5.74) is 1.50. The Labute approximate surface area is 134 Å². The van der Waals surface area contributed by atoms with Gasteiger partial charge in [0.2, 0.25) is 11.8 Å². The fourth-order valence-electron chi connectivity index (χ4n) is 2.69. The van der Waals surface area contributed by atoms with Gasteiger partial charge in [0.25, 0.3) is 5.91 Å². The normalized spacial score (nSPS) is 18.2. The highest BCUT2D eigenvalue weighted by molar-refractivity contribution is 5.95. The molecule has 2 aliphatic rings. The van der Waals surface area contributed by atoms with Gasteiger partial charge in [0.15, 0.2) is 6.61 Å². The number of ether oxygens (including phenoxy) is 1. The quantitative estimate of drug-likeness (QED) is 0.858. The summed E-state index contributed by atoms with van der Waals surface area (Å²) in [7, 11) is 0. The molecule has 1 aromatic carbocycles. The number of carbonyl (C=O) groups is 3. The van der Waals surface area contributed by atoms with E-state index in [0.29, 0.717) is 24.5 Å². The number of nitrogens with zero attached hydrogens (tertiary/aromatic N) is 1. The van der Waals surface area contributed by atoms with Crippen LogP contribution in [0.1, 0.15) is 25.5 Å². The standard InChI is InChI=1S/C16H19N3O4/c1-9(17-16(22)12-6-19(7-12)10(2)20)11-3-4-14-13(5-11)18-15(21)8-23-14/h3-5,9,12H,6-8H2,1-2H3,(H,17,22)(H,18,21)/t9-/m0/s1. The summed E-state index contributed by atoms with van der Waals surface area (Å²) in [4.78, 5) is 36.3. The van der Waals surface area contributed by atoms with Crippen molar-refractivity contribution in [3.05, 3.63) is 23.8 Å². The maximum absolute atomic E-state index is 12.2. The molecule has 0 spiro atoms. The minimum Gasteiger partial charge on any atom is -0.482 e. The number of likely N-dealkylation sites (tertiary alicyclic amines) is 1. The molecule has 0 aliphatic carbocycles. The summed E-state index contributed by atoms with van der Waals surface area (Å²) >= 11 is 0. The smallest absolute Gasteiger partial charge is 0.262 e. The Morgan fingerprint density at radius 1 is 1.39 bits per heavy atom. The lowest BCUT2D eigenvalue weighted by atomic mass is 9.98. The van der Waals surface area contributed by atoms with Crippen molar-refractivity contribution in [3.8, 4) is 5.75 Å². The molecule has 1 atom stereocenters. The minimum absolute atomic E-state index is 0.00692. The summed E-state index contributed by atoms with van der Waals surface area (Å²) in [6.45, 7) is 4.35. The van der Waals surface area contributed by atoms with E-state index in [1.165, 1.54) is 6.92 Å². The largest absolute Gasteiger partial charge is 0.482 e. The maximum atomic E-state index is 12.2. The van der Waals surface area contributed by atoms with Gasteiger partial charge in [-0.1, -0.05) is 6.07 Å². The number of carbonyl (C=O) groups excluding carboxylic acids is 3. The Morgan fingerprint density at radius 3 is 2.83 bits per heavy atom. The van der Waals surface area contributed by atoms with Gasteiger partial charge < -0.3 is 20.3 Å². The second-order valence-corrected chi connectivity index (χ2v) is 5.94. The molecule has 122 valence electrons. The van der Waals surface area contributed by atoms with Gasteiger partial charge in [-0.25, -0.2) is 0 Å². The number of nitrogens with one attached hydrogen (secondary N) is 2. The average molecular weight is 317 g/mol. The second kappa shape index (κ2) is 5.91. The Morgan fingerprint density at radius 2 is 2.13 bits per heavy atom. The predicted octanol–water partition coefficient (Wildman–Crippen LogP) is 0.673. The molecule has 2 aliphatic heterocycles. The molecule has 23 heavy (non-hydrogen) atoms. The number of hydrogen-bond donors (Lipinski definition) is 2. The number of amides is 3. The lowest BCUT2D eigenvalue weighted by Crippen LogP contribution is -2.55. The van der Waals surface area contributed by atoms with E-state index in [1.807, 2.05) is 13.0 Å². The Hall–Kier alpha value is -2.57. The van der Waals surface area contributed by atoms with Crippen LogP contribution in [0.3, 0.4) is 0 Å². The van der Waals surface area contributed by atoms with E-state index >= 15 is 0 Å². The van der Waals surface area contributed by atoms with Crippen molar-refractivity contribution in [2.75, 3.05) is 25.0 Å². The molecule has 1 saturated heterocycles. The molecular formula is C16H19N3O4. The van der Waals surface area contributed by atoms with Crippen LogP contribution < -0.4 is 15.4 Å². The monoisotopic (exact) mass is 317 g/mol. The zero-order valence-electron chi connectivity index (χ0n) is 13.1. The van der Waals surface area contributed by atoms with Crippen LogP contribution in [0.5, 0.6) is 5.75 Å². The first-order chi connectivity index (χ1) is 10.9. The fraction of sp³-hybridized carbons (Fsp3) is 0.438. The molecule has 2 heterocycles. The van der Waals surface area contributed by atoms with Crippen LogP contribution >= 0.6 is 0 Å². The number of rotatable bonds is 3. The third kappa shape index (κ3) is 3.13. The Balaban J connectivity index is 1.61. The Bertz CT molecular complexity index is 667. The molecule has 2 N–H and O–H groups in total. The van der Waals surface area contributed by atoms with Gasteiger partial charge in [-0.2, -0.15) is 0 Å². The van der Waals surface area contributed by atoms with Gasteiger partial charge in [-0.05, 0) is 24.6 Å². The molecule has 3 rings (SSSR count). The van der Waals surface area contributed by atoms with Crippen molar-refractivity contribution in [2.45, 2.75) is 19.9 Å². The Kier molecular flexibility index (Phi) is 3.94. The van der Waals surface area contributed by atoms with E-state index < -0.39 is 0 Å². The fourth-order valence-corrected chi connectivity index (χ4v) is 2.69. The van der Waals surface area contributed by atoms with E-state index in [9.17, 15) is 14.4 Å². The van der Waals surface area contributed by atoms with Gasteiger partial charge in [-0.15, -0.1) is 0 Å². The molecule has 1 fully saturated rings. The third-order valence-corrected chi connectivity index (χ3v) is 4.19. The molecule has 1 aromatic rings. The van der Waals surface area contributed by atoms with Gasteiger partial charge in [0.05, 0.1) is 17.6 Å². The summed E-state index contributed by atoms with van der Waals surface area (Å²) in [6, 6.07) is 5.26. The molecular weight excluding hydrogens is 298 g/mol. The highest BCUT2D eigenvalue weighted by Gasteiger charge is 2.34. The van der Waals surface area contributed by atoms with Gasteiger partial charge >= 0.3 is 0 Å². The summed E-state index contributed by atoms with van der Waals surface area (Å²) < 4.78 is 5.31. The molecule has 0 saturated carbocycles. The van der Waals surface area contributed by atoms with Crippen molar-refractivity contribution in [1.82, 2.24) is 10.2 Å². The van der Waals surface area contributed by atoms with Crippen molar-refractivity contribution < 1.29 is 19.1 Å². The molecule has 7 heteroatoms. The molecule has 0 bridgehead atoms. The molecule has 3 amide bonds. The second-order valence-electron chi connectivity index (χ2n) is 5.94. The van der Waals surface area contributed by atoms with Crippen LogP contribution in [0.2, 0.25) is 0 Å². The number of fused-ring (bicyclic) bond motifs is 1. The molecule has 0 radical (unpaired) electrons. The number of hydrogen-bond acceptors (Lipinski definition) is 4. The summed E-state index contributed by atoms with van der Waals surface area (Å²) in [6.07, 6.45) is 0. The van der Waals surface area contributed by atoms with Gasteiger partial charge in [0, 0.05) is 20.0 Å². The minimum atomic E-state index is -0.196. The molecule has 0 aromatic heterocycles. The van der Waals surface area contributed by atoms with Crippen molar-refractivity contribution >= 4 is 23.4 Å². The first kappa shape index (κ1) is 15.3. The zero-order chi connectivity index (χ0) is 16.6. The van der Waals surface area contributed by atoms with Crippen LogP contribution in [0.25, 0.3) is 0 Å². The van der Waals surface area contributed by atoms with Crippen LogP contribution in [-0.2, 0) is 14.4 Å². The van der Waals surface area contributed by atoms with E-state index in [4.69, 9.17) is 4.74 Å². The van der Waals surface area contributed by atoms with E-state index in [2.05, 4.69) is 10.6 Å². The van der Waals surface area contributed by atoms with Gasteiger partial charge in [0.1, 0.15) is 5.75 Å². The maximum Gasteiger partial charge on any atom is 0.262 e. The molecule has 7 nitrogen and oxygen atoms in total. The first-order valence-corrected chi connectivity index (χ1v) is 7.56. The van der Waals surface area contributed by atoms with E-state index in [1.54, 1.807) is 17.0 Å². The number of anilines is 1. The van der Waals surface area contributed by atoms with Gasteiger partial charge in [-0.3, -0.25) is 14.4 Å². The van der Waals surface area contributed by atoms with Crippen molar-refractivity contribution in [2.24, 2.45) is 5.92 Å². The van der Waals surface area contributed by atoms with E-state index in [-0.39, 0.29) is 36.3 Å². The third-order valence-electron chi connectivity index (χ3n) is 4.19. The summed E-state index contributed by atoms with van der Waals surface area (Å²) in [5.74, 6) is 0.218. The highest BCUT2D eigenvalue weighted by atomic mass is 16.5. The lowest BCUT2D eigenvalue weighted by molar-refractivity contribution is -0.141. The van der Waals surface area contributed by atoms with Crippen LogP contribution in [0, 0.1) is 5.92 Å². The average Bonchev–Trinajstić information content (AvgIpc) is 2.44. The highest BCUT2D eigenvalue weighted by Crippen LogP contribution is 2.30. The van der Waals surface area contributed by atoms with Crippen molar-refractivity contribution in [3.63, 3.8) is 0 Å². The molecule has 0 unspecified atom stereocenters. The SMILES string of the molecule is CC(=O)N1CC(C(=O)N[C@@H](C)c2ccc3c(c2)NC(=O)CO3)C1. The van der Waals surface area contributed by atoms with Crippen LogP contribution in [0.4, 0.5) is 5.69 Å². The van der Waals surface area contributed by atoms with Crippen LogP contribution in [0.15, 0.2) is 18.2 Å².